The van der Waals surface area contributed by atoms with E-state index in [4.69, 9.17) is 5.41 Å². The highest BCUT2D eigenvalue weighted by atomic mass is 79.9. The fourth-order valence-electron chi connectivity index (χ4n) is 2.16. The van der Waals surface area contributed by atoms with Gasteiger partial charge in [0.25, 0.3) is 0 Å². The second-order valence-corrected chi connectivity index (χ2v) is 5.41. The summed E-state index contributed by atoms with van der Waals surface area (Å²) >= 11 is 3.42. The number of likely N-dealkylation sites (tertiary alicyclic amines) is 1. The lowest BCUT2D eigenvalue weighted by Crippen LogP contribution is -2.33. The summed E-state index contributed by atoms with van der Waals surface area (Å²) < 4.78 is 1.08. The van der Waals surface area contributed by atoms with Crippen molar-refractivity contribution in [3.8, 4) is 0 Å². The van der Waals surface area contributed by atoms with E-state index in [2.05, 4.69) is 27.9 Å². The summed E-state index contributed by atoms with van der Waals surface area (Å²) in [6.07, 6.45) is 2.23. The van der Waals surface area contributed by atoms with Crippen LogP contribution in [0, 0.1) is 11.3 Å². The predicted octanol–water partition coefficient (Wildman–Crippen LogP) is 3.16. The average Bonchev–Trinajstić information content (AvgIpc) is 2.30. The molecule has 0 radical (unpaired) electrons. The molecule has 0 aliphatic carbocycles. The zero-order valence-corrected chi connectivity index (χ0v) is 11.1. The number of benzene rings is 1. The van der Waals surface area contributed by atoms with E-state index < -0.39 is 0 Å². The third kappa shape index (κ3) is 2.71. The van der Waals surface area contributed by atoms with Crippen LogP contribution in [-0.2, 0) is 0 Å². The maximum absolute atomic E-state index is 8.23. The van der Waals surface area contributed by atoms with Crippen LogP contribution < -0.4 is 0 Å². The van der Waals surface area contributed by atoms with Crippen LogP contribution in [0.25, 0.3) is 0 Å². The molecule has 86 valence electrons. The zero-order chi connectivity index (χ0) is 11.5. The van der Waals surface area contributed by atoms with Gasteiger partial charge in [-0.05, 0) is 50.7 Å². The van der Waals surface area contributed by atoms with Gasteiger partial charge in [0, 0.05) is 16.1 Å². The Morgan fingerprint density at radius 1 is 1.25 bits per heavy atom. The number of hydrogen-bond acceptors (Lipinski definition) is 2. The second-order valence-electron chi connectivity index (χ2n) is 4.50. The first-order chi connectivity index (χ1) is 7.66. The molecule has 0 aromatic heterocycles. The van der Waals surface area contributed by atoms with Crippen molar-refractivity contribution in [1.82, 2.24) is 4.90 Å². The molecule has 0 amide bonds. The van der Waals surface area contributed by atoms with Crippen molar-refractivity contribution in [1.29, 1.82) is 5.41 Å². The lowest BCUT2D eigenvalue weighted by Gasteiger charge is -2.29. The van der Waals surface area contributed by atoms with Gasteiger partial charge in [-0.2, -0.15) is 0 Å². The van der Waals surface area contributed by atoms with E-state index in [-0.39, 0.29) is 0 Å². The summed E-state index contributed by atoms with van der Waals surface area (Å²) in [4.78, 5) is 2.34. The monoisotopic (exact) mass is 280 g/mol. The first-order valence-corrected chi connectivity index (χ1v) is 6.49. The molecule has 1 heterocycles. The van der Waals surface area contributed by atoms with E-state index in [9.17, 15) is 0 Å². The van der Waals surface area contributed by atoms with Gasteiger partial charge in [-0.15, -0.1) is 0 Å². The van der Waals surface area contributed by atoms with Gasteiger partial charge < -0.3 is 10.3 Å². The summed E-state index contributed by atoms with van der Waals surface area (Å²) in [5.74, 6) is 0.442. The largest absolute Gasteiger partial charge is 0.306 e. The van der Waals surface area contributed by atoms with Crippen LogP contribution in [0.2, 0.25) is 0 Å². The van der Waals surface area contributed by atoms with Gasteiger partial charge in [-0.1, -0.05) is 28.1 Å². The van der Waals surface area contributed by atoms with Crippen LogP contribution in [0.3, 0.4) is 0 Å². The standard InChI is InChI=1S/C13H17BrN2/c1-16-8-6-11(7-9-16)13(15)10-2-4-12(14)5-3-10/h2-5,11,15H,6-9H2,1H3. The number of nitrogens with zero attached hydrogens (tertiary/aromatic N) is 1. The molecular formula is C13H17BrN2. The highest BCUT2D eigenvalue weighted by Crippen LogP contribution is 2.21. The lowest BCUT2D eigenvalue weighted by atomic mass is 9.88. The summed E-state index contributed by atoms with van der Waals surface area (Å²) in [6, 6.07) is 8.09. The average molecular weight is 281 g/mol. The van der Waals surface area contributed by atoms with E-state index in [0.29, 0.717) is 5.92 Å². The van der Waals surface area contributed by atoms with Gasteiger partial charge in [0.15, 0.2) is 0 Å². The van der Waals surface area contributed by atoms with Crippen LogP contribution >= 0.6 is 15.9 Å². The summed E-state index contributed by atoms with van der Waals surface area (Å²) in [5.41, 5.74) is 1.87. The molecule has 1 aromatic rings. The molecule has 1 aromatic carbocycles. The molecule has 1 N–H and O–H groups in total. The minimum atomic E-state index is 0.442. The molecule has 1 saturated heterocycles. The molecule has 1 fully saturated rings. The molecule has 0 spiro atoms. The molecule has 16 heavy (non-hydrogen) atoms. The Balaban J connectivity index is 2.05. The van der Waals surface area contributed by atoms with E-state index in [1.165, 1.54) is 0 Å². The van der Waals surface area contributed by atoms with Gasteiger partial charge in [-0.3, -0.25) is 0 Å². The van der Waals surface area contributed by atoms with Crippen molar-refractivity contribution in [2.24, 2.45) is 5.92 Å². The summed E-state index contributed by atoms with van der Waals surface area (Å²) in [6.45, 7) is 2.23. The molecule has 0 saturated carbocycles. The SMILES string of the molecule is CN1CCC(C(=N)c2ccc(Br)cc2)CC1. The minimum Gasteiger partial charge on any atom is -0.306 e. The molecule has 1 aliphatic heterocycles. The third-order valence-corrected chi connectivity index (χ3v) is 3.81. The summed E-state index contributed by atoms with van der Waals surface area (Å²) in [5, 5.41) is 8.23. The van der Waals surface area contributed by atoms with E-state index in [1.807, 2.05) is 24.3 Å². The van der Waals surface area contributed by atoms with E-state index in [1.54, 1.807) is 0 Å². The van der Waals surface area contributed by atoms with Crippen LogP contribution in [0.5, 0.6) is 0 Å². The third-order valence-electron chi connectivity index (χ3n) is 3.28. The first kappa shape index (κ1) is 11.8. The molecule has 1 aliphatic rings. The molecular weight excluding hydrogens is 264 g/mol. The van der Waals surface area contributed by atoms with Crippen molar-refractivity contribution in [2.45, 2.75) is 12.8 Å². The minimum absolute atomic E-state index is 0.442. The molecule has 0 unspecified atom stereocenters. The number of halogens is 1. The van der Waals surface area contributed by atoms with Crippen molar-refractivity contribution < 1.29 is 0 Å². The van der Waals surface area contributed by atoms with Crippen molar-refractivity contribution in [3.63, 3.8) is 0 Å². The molecule has 3 heteroatoms. The van der Waals surface area contributed by atoms with Crippen molar-refractivity contribution in [2.75, 3.05) is 20.1 Å². The quantitative estimate of drug-likeness (QED) is 0.828. The Morgan fingerprint density at radius 2 is 1.81 bits per heavy atom. The predicted molar refractivity (Wildman–Crippen MR) is 71.2 cm³/mol. The highest BCUT2D eigenvalue weighted by Gasteiger charge is 2.21. The van der Waals surface area contributed by atoms with Gasteiger partial charge >= 0.3 is 0 Å². The number of hydrogen-bond donors (Lipinski definition) is 1. The fourth-order valence-corrected chi connectivity index (χ4v) is 2.43. The Labute approximate surface area is 105 Å². The topological polar surface area (TPSA) is 27.1 Å². The van der Waals surface area contributed by atoms with Crippen molar-refractivity contribution in [3.05, 3.63) is 34.3 Å². The molecule has 0 atom stereocenters. The molecule has 0 bridgehead atoms. The number of piperidine rings is 1. The van der Waals surface area contributed by atoms with Crippen molar-refractivity contribution >= 4 is 21.6 Å². The maximum Gasteiger partial charge on any atom is 0.0418 e. The molecule has 2 rings (SSSR count). The first-order valence-electron chi connectivity index (χ1n) is 5.70. The maximum atomic E-state index is 8.23. The van der Waals surface area contributed by atoms with E-state index >= 15 is 0 Å². The zero-order valence-electron chi connectivity index (χ0n) is 9.54. The Hall–Kier alpha value is -0.670. The van der Waals surface area contributed by atoms with Crippen LogP contribution in [0.4, 0.5) is 0 Å². The molecule has 2 nitrogen and oxygen atoms in total. The smallest absolute Gasteiger partial charge is 0.0418 e. The lowest BCUT2D eigenvalue weighted by molar-refractivity contribution is 0.252. The van der Waals surface area contributed by atoms with Gasteiger partial charge in [-0.25, -0.2) is 0 Å². The number of nitrogens with one attached hydrogen (secondary N) is 1. The normalized spacial score (nSPS) is 18.6. The van der Waals surface area contributed by atoms with Crippen LogP contribution in [0.15, 0.2) is 28.7 Å². The van der Waals surface area contributed by atoms with Crippen LogP contribution in [0.1, 0.15) is 18.4 Å². The second kappa shape index (κ2) is 5.11. The van der Waals surface area contributed by atoms with Gasteiger partial charge in [0.05, 0.1) is 0 Å². The highest BCUT2D eigenvalue weighted by molar-refractivity contribution is 9.10. The van der Waals surface area contributed by atoms with Gasteiger partial charge in [0.2, 0.25) is 0 Å². The Bertz CT molecular complexity index is 364. The Morgan fingerprint density at radius 3 is 2.38 bits per heavy atom. The van der Waals surface area contributed by atoms with Gasteiger partial charge in [0.1, 0.15) is 0 Å². The Kier molecular flexibility index (Phi) is 3.77. The van der Waals surface area contributed by atoms with E-state index in [0.717, 1.165) is 41.7 Å². The summed E-state index contributed by atoms with van der Waals surface area (Å²) in [7, 11) is 2.15. The number of rotatable bonds is 2. The van der Waals surface area contributed by atoms with Crippen LogP contribution in [-0.4, -0.2) is 30.7 Å². The fraction of sp³-hybridized carbons (Fsp3) is 0.462.